The van der Waals surface area contributed by atoms with Gasteiger partial charge in [0.1, 0.15) is 0 Å². The van der Waals surface area contributed by atoms with Crippen LogP contribution in [-0.2, 0) is 9.59 Å². The molecule has 0 aromatic heterocycles. The molecule has 3 fully saturated rings. The number of hydrogen-bond acceptors (Lipinski definition) is 5. The molecule has 0 aromatic carbocycles. The number of nitrogens with one attached hydrogen (secondary N) is 1. The summed E-state index contributed by atoms with van der Waals surface area (Å²) in [4.78, 5) is 29.7. The molecule has 19 heavy (non-hydrogen) atoms. The van der Waals surface area contributed by atoms with Gasteiger partial charge in [0, 0.05) is 58.3 Å². The van der Waals surface area contributed by atoms with Crippen LogP contribution in [0.3, 0.4) is 0 Å². The Hall–Kier alpha value is -0.980. The lowest BCUT2D eigenvalue weighted by Crippen LogP contribution is -2.62. The van der Waals surface area contributed by atoms with Crippen molar-refractivity contribution in [1.29, 1.82) is 0 Å². The van der Waals surface area contributed by atoms with Crippen molar-refractivity contribution in [3.63, 3.8) is 0 Å². The molecule has 3 saturated heterocycles. The van der Waals surface area contributed by atoms with Crippen molar-refractivity contribution in [2.45, 2.75) is 18.9 Å². The van der Waals surface area contributed by atoms with E-state index < -0.39 is 0 Å². The number of carbonyl (C=O) groups excluding carboxylic acids is 2. The number of carbonyl (C=O) groups is 2. The zero-order chi connectivity index (χ0) is 13.2. The third kappa shape index (κ3) is 2.80. The van der Waals surface area contributed by atoms with Crippen molar-refractivity contribution in [3.05, 3.63) is 0 Å². The van der Waals surface area contributed by atoms with E-state index in [0.29, 0.717) is 25.6 Å². The van der Waals surface area contributed by atoms with Crippen molar-refractivity contribution >= 4 is 11.8 Å². The maximum Gasteiger partial charge on any atom is 0.243 e. The highest BCUT2D eigenvalue weighted by Gasteiger charge is 2.31. The second kappa shape index (κ2) is 5.56. The Morgan fingerprint density at radius 3 is 2.42 bits per heavy atom. The Morgan fingerprint density at radius 1 is 1.16 bits per heavy atom. The van der Waals surface area contributed by atoms with Gasteiger partial charge in [0.15, 0.2) is 0 Å². The summed E-state index contributed by atoms with van der Waals surface area (Å²) in [6, 6.07) is 0.693. The van der Waals surface area contributed by atoms with Gasteiger partial charge in [-0.25, -0.2) is 0 Å². The number of rotatable bonds is 3. The minimum Gasteiger partial charge on any atom is -0.314 e. The van der Waals surface area contributed by atoms with E-state index in [0.717, 1.165) is 45.7 Å². The molecule has 0 aromatic rings. The van der Waals surface area contributed by atoms with Gasteiger partial charge in [0.05, 0.1) is 6.54 Å². The fourth-order valence-electron chi connectivity index (χ4n) is 3.01. The molecule has 2 amide bonds. The molecule has 0 spiro atoms. The van der Waals surface area contributed by atoms with Crippen molar-refractivity contribution in [1.82, 2.24) is 20.0 Å². The zero-order valence-corrected chi connectivity index (χ0v) is 11.3. The molecule has 0 unspecified atom stereocenters. The van der Waals surface area contributed by atoms with Crippen LogP contribution in [0, 0.1) is 0 Å². The van der Waals surface area contributed by atoms with Crippen LogP contribution in [-0.4, -0.2) is 84.9 Å². The average Bonchev–Trinajstić information content (AvgIpc) is 2.76. The number of piperazine rings is 1. The summed E-state index contributed by atoms with van der Waals surface area (Å²) in [5.41, 5.74) is 0. The lowest BCUT2D eigenvalue weighted by Gasteiger charge is -2.43. The summed E-state index contributed by atoms with van der Waals surface area (Å²) in [7, 11) is 0. The Labute approximate surface area is 113 Å². The largest absolute Gasteiger partial charge is 0.314 e. The van der Waals surface area contributed by atoms with Crippen LogP contribution in [0.25, 0.3) is 0 Å². The fourth-order valence-corrected chi connectivity index (χ4v) is 3.01. The Morgan fingerprint density at radius 2 is 1.89 bits per heavy atom. The summed E-state index contributed by atoms with van der Waals surface area (Å²) in [5.74, 6) is -0.00885. The molecule has 0 atom stereocenters. The minimum atomic E-state index is -0.0127. The number of amides is 2. The normalized spacial score (nSPS) is 26.7. The van der Waals surface area contributed by atoms with Crippen LogP contribution < -0.4 is 5.32 Å². The third-order valence-electron chi connectivity index (χ3n) is 4.42. The van der Waals surface area contributed by atoms with E-state index in [-0.39, 0.29) is 11.8 Å². The summed E-state index contributed by atoms with van der Waals surface area (Å²) < 4.78 is 0. The maximum absolute atomic E-state index is 12.0. The Bertz CT molecular complexity index is 362. The first kappa shape index (κ1) is 13.0. The third-order valence-corrected chi connectivity index (χ3v) is 4.42. The van der Waals surface area contributed by atoms with Crippen molar-refractivity contribution in [3.8, 4) is 0 Å². The van der Waals surface area contributed by atoms with Gasteiger partial charge < -0.3 is 5.32 Å². The monoisotopic (exact) mass is 266 g/mol. The van der Waals surface area contributed by atoms with Gasteiger partial charge >= 0.3 is 0 Å². The van der Waals surface area contributed by atoms with Crippen LogP contribution in [0.1, 0.15) is 12.8 Å². The van der Waals surface area contributed by atoms with Gasteiger partial charge in [-0.2, -0.15) is 0 Å². The van der Waals surface area contributed by atoms with Crippen LogP contribution >= 0.6 is 0 Å². The van der Waals surface area contributed by atoms with Gasteiger partial charge in [-0.3, -0.25) is 24.3 Å². The molecule has 6 heteroatoms. The van der Waals surface area contributed by atoms with E-state index in [4.69, 9.17) is 0 Å². The van der Waals surface area contributed by atoms with Crippen LogP contribution in [0.4, 0.5) is 0 Å². The molecule has 3 aliphatic heterocycles. The second-order valence-electron chi connectivity index (χ2n) is 5.67. The molecule has 0 radical (unpaired) electrons. The van der Waals surface area contributed by atoms with Crippen LogP contribution in [0.2, 0.25) is 0 Å². The van der Waals surface area contributed by atoms with Crippen molar-refractivity contribution < 1.29 is 9.59 Å². The smallest absolute Gasteiger partial charge is 0.243 e. The van der Waals surface area contributed by atoms with E-state index in [1.54, 1.807) is 0 Å². The van der Waals surface area contributed by atoms with E-state index in [9.17, 15) is 9.59 Å². The summed E-state index contributed by atoms with van der Waals surface area (Å²) in [5, 5.41) is 3.29. The highest BCUT2D eigenvalue weighted by atomic mass is 16.2. The molecule has 1 N–H and O–H groups in total. The average molecular weight is 266 g/mol. The van der Waals surface area contributed by atoms with Crippen molar-refractivity contribution in [2.24, 2.45) is 0 Å². The van der Waals surface area contributed by atoms with Gasteiger partial charge in [-0.15, -0.1) is 0 Å². The molecule has 3 heterocycles. The van der Waals surface area contributed by atoms with E-state index >= 15 is 0 Å². The van der Waals surface area contributed by atoms with E-state index in [1.807, 2.05) is 0 Å². The number of imide groups is 1. The maximum atomic E-state index is 12.0. The predicted molar refractivity (Wildman–Crippen MR) is 70.6 cm³/mol. The van der Waals surface area contributed by atoms with E-state index in [2.05, 4.69) is 15.1 Å². The second-order valence-corrected chi connectivity index (χ2v) is 5.67. The van der Waals surface area contributed by atoms with Crippen molar-refractivity contribution in [2.75, 3.05) is 52.4 Å². The summed E-state index contributed by atoms with van der Waals surface area (Å²) in [6.45, 7) is 7.16. The quantitative estimate of drug-likeness (QED) is 0.690. The molecular weight excluding hydrogens is 244 g/mol. The Kier molecular flexibility index (Phi) is 3.81. The molecule has 0 saturated carbocycles. The summed E-state index contributed by atoms with van der Waals surface area (Å²) in [6.07, 6.45) is 1.36. The lowest BCUT2D eigenvalue weighted by molar-refractivity contribution is -0.142. The number of hydrogen-bond donors (Lipinski definition) is 1. The molecule has 3 rings (SSSR count). The van der Waals surface area contributed by atoms with Gasteiger partial charge in [0.25, 0.3) is 0 Å². The number of nitrogens with zero attached hydrogens (tertiary/aromatic N) is 3. The molecule has 0 bridgehead atoms. The molecule has 3 aliphatic rings. The Balaban J connectivity index is 1.44. The first-order valence-corrected chi connectivity index (χ1v) is 7.24. The summed E-state index contributed by atoms with van der Waals surface area (Å²) >= 11 is 0. The topological polar surface area (TPSA) is 55.9 Å². The first-order chi connectivity index (χ1) is 9.24. The zero-order valence-electron chi connectivity index (χ0n) is 11.3. The minimum absolute atomic E-state index is 0.00387. The van der Waals surface area contributed by atoms with E-state index in [1.165, 1.54) is 4.90 Å². The number of likely N-dealkylation sites (tertiary alicyclic amines) is 1. The highest BCUT2D eigenvalue weighted by molar-refractivity contribution is 5.97. The SMILES string of the molecule is O=C1CCCN1C(=O)CN1CCN(C2CNC2)CC1. The molecule has 0 aliphatic carbocycles. The standard InChI is InChI=1S/C13H22N4O2/c18-12-2-1-3-17(12)13(19)10-15-4-6-16(7-5-15)11-8-14-9-11/h11,14H,1-10H2. The fraction of sp³-hybridized carbons (Fsp3) is 0.846. The first-order valence-electron chi connectivity index (χ1n) is 7.24. The molecule has 6 nitrogen and oxygen atoms in total. The van der Waals surface area contributed by atoms with Gasteiger partial charge in [-0.05, 0) is 6.42 Å². The van der Waals surface area contributed by atoms with Gasteiger partial charge in [-0.1, -0.05) is 0 Å². The van der Waals surface area contributed by atoms with Crippen LogP contribution in [0.5, 0.6) is 0 Å². The molecule has 106 valence electrons. The lowest BCUT2D eigenvalue weighted by atomic mass is 10.1. The predicted octanol–water partition coefficient (Wildman–Crippen LogP) is -1.28. The van der Waals surface area contributed by atoms with Crippen LogP contribution in [0.15, 0.2) is 0 Å². The molecular formula is C13H22N4O2. The highest BCUT2D eigenvalue weighted by Crippen LogP contribution is 2.12. The van der Waals surface area contributed by atoms with Gasteiger partial charge in [0.2, 0.25) is 11.8 Å².